The summed E-state index contributed by atoms with van der Waals surface area (Å²) < 4.78 is 35.6. The van der Waals surface area contributed by atoms with Crippen LogP contribution in [0.3, 0.4) is 0 Å². The minimum Gasteiger partial charge on any atom is -0.409 e. The Balaban J connectivity index is 2.45. The summed E-state index contributed by atoms with van der Waals surface area (Å²) in [4.78, 5) is 0.0131. The molecule has 1 atom stereocenters. The second-order valence-electron chi connectivity index (χ2n) is 4.66. The van der Waals surface area contributed by atoms with Crippen LogP contribution in [0.4, 0.5) is 11.4 Å². The molecule has 0 aliphatic carbocycles. The third kappa shape index (κ3) is 2.82. The number of hydrogen-bond acceptors (Lipinski definition) is 6. The number of fused-ring (bicyclic) bond motifs is 1. The topological polar surface area (TPSA) is 130 Å². The predicted octanol–water partition coefficient (Wildman–Crippen LogP) is 1.61. The Morgan fingerprint density at radius 2 is 2.24 bits per heavy atom. The summed E-state index contributed by atoms with van der Waals surface area (Å²) in [5.41, 5.74) is 5.20. The summed E-state index contributed by atoms with van der Waals surface area (Å²) in [5, 5.41) is 11.7. The monoisotopic (exact) mass is 329 g/mol. The Kier molecular flexibility index (Phi) is 4.12. The maximum atomic E-state index is 12.6. The van der Waals surface area contributed by atoms with E-state index in [-0.39, 0.29) is 10.7 Å². The quantitative estimate of drug-likeness (QED) is 0.333. The molecule has 0 fully saturated rings. The van der Waals surface area contributed by atoms with Crippen LogP contribution in [0.1, 0.15) is 20.3 Å². The van der Waals surface area contributed by atoms with E-state index >= 15 is 0 Å². The van der Waals surface area contributed by atoms with Gasteiger partial charge in [0, 0.05) is 0 Å². The zero-order chi connectivity index (χ0) is 15.7. The summed E-state index contributed by atoms with van der Waals surface area (Å²) in [5.74, 6) is -0.211. The van der Waals surface area contributed by atoms with Gasteiger partial charge in [-0.15, -0.1) is 0 Å². The number of nitrogens with one attached hydrogen (secondary N) is 1. The summed E-state index contributed by atoms with van der Waals surface area (Å²) in [6.45, 7) is 3.27. The van der Waals surface area contributed by atoms with Crippen molar-refractivity contribution >= 4 is 38.6 Å². The molecule has 0 saturated carbocycles. The summed E-state index contributed by atoms with van der Waals surface area (Å²) in [6, 6.07) is 4.71. The molecule has 4 N–H and O–H groups in total. The molecule has 1 aliphatic rings. The molecule has 1 aromatic rings. The van der Waals surface area contributed by atoms with Crippen molar-refractivity contribution in [1.29, 1.82) is 0 Å². The van der Waals surface area contributed by atoms with Crippen LogP contribution in [0.25, 0.3) is 0 Å². The molecule has 1 unspecified atom stereocenters. The predicted molar refractivity (Wildman–Crippen MR) is 80.4 cm³/mol. The van der Waals surface area contributed by atoms with Crippen molar-refractivity contribution in [2.45, 2.75) is 30.7 Å². The molecular formula is C11H15N5O3S2. The second kappa shape index (κ2) is 5.54. The Bertz CT molecular complexity index is 768. The maximum Gasteiger partial charge on any atom is 0.243 e. The summed E-state index contributed by atoms with van der Waals surface area (Å²) in [6.07, 6.45) is 0.313. The fraction of sp³-hybridized carbons (Fsp3) is 0.364. The Hall–Kier alpha value is -1.78. The van der Waals surface area contributed by atoms with E-state index in [0.717, 1.165) is 11.4 Å². The van der Waals surface area contributed by atoms with Gasteiger partial charge in [0.2, 0.25) is 10.0 Å². The smallest absolute Gasteiger partial charge is 0.243 e. The first-order valence-electron chi connectivity index (χ1n) is 6.07. The van der Waals surface area contributed by atoms with Gasteiger partial charge in [0.1, 0.15) is 16.3 Å². The van der Waals surface area contributed by atoms with Crippen LogP contribution < -0.4 is 10.5 Å². The fourth-order valence-electron chi connectivity index (χ4n) is 1.77. The number of hydrogen-bond donors (Lipinski definition) is 3. The first kappa shape index (κ1) is 15.6. The van der Waals surface area contributed by atoms with Gasteiger partial charge in [-0.1, -0.05) is 18.1 Å². The van der Waals surface area contributed by atoms with Gasteiger partial charge in [0.25, 0.3) is 0 Å². The number of benzene rings is 1. The van der Waals surface area contributed by atoms with E-state index in [2.05, 4.69) is 18.6 Å². The highest BCUT2D eigenvalue weighted by Gasteiger charge is 2.35. The number of nitrogens with zero attached hydrogens (tertiary/aromatic N) is 3. The lowest BCUT2D eigenvalue weighted by Crippen LogP contribution is -2.54. The molecule has 21 heavy (non-hydrogen) atoms. The molecule has 10 heteroatoms. The van der Waals surface area contributed by atoms with E-state index in [1.54, 1.807) is 26.0 Å². The highest BCUT2D eigenvalue weighted by atomic mass is 32.2. The molecule has 8 nitrogen and oxygen atoms in total. The molecule has 2 rings (SSSR count). The highest BCUT2D eigenvalue weighted by Crippen LogP contribution is 2.37. The molecule has 1 aliphatic heterocycles. The molecular weight excluding hydrogens is 314 g/mol. The van der Waals surface area contributed by atoms with Gasteiger partial charge in [0.05, 0.1) is 16.9 Å². The highest BCUT2D eigenvalue weighted by molar-refractivity contribution is 7.89. The molecule has 0 radical (unpaired) electrons. The molecule has 0 amide bonds. The molecule has 0 bridgehead atoms. The Morgan fingerprint density at radius 1 is 1.52 bits per heavy atom. The van der Waals surface area contributed by atoms with E-state index < -0.39 is 15.6 Å². The van der Waals surface area contributed by atoms with Crippen molar-refractivity contribution in [3.05, 3.63) is 18.2 Å². The number of nitrogens with two attached hydrogens (primary N) is 1. The molecule has 114 valence electrons. The van der Waals surface area contributed by atoms with E-state index in [1.807, 2.05) is 0 Å². The van der Waals surface area contributed by atoms with Gasteiger partial charge in [0.15, 0.2) is 5.84 Å². The van der Waals surface area contributed by atoms with Crippen molar-refractivity contribution in [1.82, 2.24) is 4.72 Å². The molecule has 1 aromatic carbocycles. The standard InChI is InChI=1S/C11H15N5O3S2/c1-3-11(2,10(12)13-17)16-21(18,19)8-6-4-5-7-9(8)15-20-14-7/h4-6,16-17H,3H2,1-2H3,(H2,12,13). The van der Waals surface area contributed by atoms with Crippen molar-refractivity contribution in [2.75, 3.05) is 0 Å². The summed E-state index contributed by atoms with van der Waals surface area (Å²) in [7, 11) is -3.90. The van der Waals surface area contributed by atoms with Crippen molar-refractivity contribution in [3.8, 4) is 0 Å². The molecule has 0 aromatic heterocycles. The zero-order valence-corrected chi connectivity index (χ0v) is 13.1. The van der Waals surface area contributed by atoms with Crippen molar-refractivity contribution in [3.63, 3.8) is 0 Å². The normalized spacial score (nSPS) is 17.1. The van der Waals surface area contributed by atoms with Crippen molar-refractivity contribution < 1.29 is 13.6 Å². The fourth-order valence-corrected chi connectivity index (χ4v) is 3.99. The van der Waals surface area contributed by atoms with Gasteiger partial charge < -0.3 is 10.9 Å². The van der Waals surface area contributed by atoms with Crippen LogP contribution in [0.15, 0.2) is 37.0 Å². The zero-order valence-electron chi connectivity index (χ0n) is 11.4. The van der Waals surface area contributed by atoms with Gasteiger partial charge in [-0.2, -0.15) is 13.4 Å². The van der Waals surface area contributed by atoms with Gasteiger partial charge in [-0.3, -0.25) is 0 Å². The third-order valence-electron chi connectivity index (χ3n) is 3.28. The largest absolute Gasteiger partial charge is 0.409 e. The van der Waals surface area contributed by atoms with Crippen LogP contribution >= 0.6 is 0 Å². The lowest BCUT2D eigenvalue weighted by atomic mass is 10.00. The first-order chi connectivity index (χ1) is 9.84. The van der Waals surface area contributed by atoms with Crippen LogP contribution in [-0.4, -0.2) is 25.0 Å². The minimum absolute atomic E-state index is 0.0131. The SMILES string of the molecule is CCC(C)(NS(=O)(=O)c1cccc2c1N=S=N2)/C(N)=N/O. The van der Waals surface area contributed by atoms with E-state index in [1.165, 1.54) is 6.07 Å². The molecule has 0 spiro atoms. The molecule has 1 heterocycles. The van der Waals surface area contributed by atoms with Crippen LogP contribution in [0.2, 0.25) is 0 Å². The Labute approximate surface area is 126 Å². The summed E-state index contributed by atoms with van der Waals surface area (Å²) >= 11 is 0.937. The molecule has 0 saturated heterocycles. The van der Waals surface area contributed by atoms with Crippen LogP contribution in [0, 0.1) is 0 Å². The number of sulfonamides is 1. The Morgan fingerprint density at radius 3 is 2.86 bits per heavy atom. The lowest BCUT2D eigenvalue weighted by Gasteiger charge is -2.27. The van der Waals surface area contributed by atoms with Crippen LogP contribution in [0.5, 0.6) is 0 Å². The second-order valence-corrected chi connectivity index (χ2v) is 6.84. The third-order valence-corrected chi connectivity index (χ3v) is 5.45. The van der Waals surface area contributed by atoms with E-state index in [4.69, 9.17) is 10.9 Å². The number of amidine groups is 1. The van der Waals surface area contributed by atoms with E-state index in [9.17, 15) is 8.42 Å². The van der Waals surface area contributed by atoms with E-state index in [0.29, 0.717) is 17.8 Å². The average Bonchev–Trinajstić information content (AvgIpc) is 2.93. The first-order valence-corrected chi connectivity index (χ1v) is 8.28. The average molecular weight is 329 g/mol. The number of rotatable bonds is 5. The van der Waals surface area contributed by atoms with Crippen LogP contribution in [-0.2, 0) is 21.4 Å². The number of oxime groups is 1. The minimum atomic E-state index is -3.90. The van der Waals surface area contributed by atoms with Gasteiger partial charge in [-0.25, -0.2) is 8.42 Å². The van der Waals surface area contributed by atoms with Crippen molar-refractivity contribution in [2.24, 2.45) is 19.6 Å². The lowest BCUT2D eigenvalue weighted by molar-refractivity contribution is 0.310. The van der Waals surface area contributed by atoms with Gasteiger partial charge >= 0.3 is 0 Å². The van der Waals surface area contributed by atoms with Gasteiger partial charge in [-0.05, 0) is 25.5 Å². The maximum absolute atomic E-state index is 12.6.